The first-order valence-corrected chi connectivity index (χ1v) is 4.88. The molecule has 0 aliphatic heterocycles. The lowest BCUT2D eigenvalue weighted by molar-refractivity contribution is -0.387. The molecule has 1 unspecified atom stereocenters. The van der Waals surface area contributed by atoms with Gasteiger partial charge in [0.05, 0.1) is 11.0 Å². The topological polar surface area (TPSA) is 80.4 Å². The molecule has 1 saturated carbocycles. The molecule has 0 saturated heterocycles. The number of halogens is 4. The van der Waals surface area contributed by atoms with Crippen molar-refractivity contribution in [3.8, 4) is 0 Å². The molecule has 5 nitrogen and oxygen atoms in total. The fourth-order valence-corrected chi connectivity index (χ4v) is 1.93. The molecule has 1 aromatic rings. The maximum atomic E-state index is 13.6. The molecule has 1 aliphatic rings. The van der Waals surface area contributed by atoms with Crippen molar-refractivity contribution in [2.45, 2.75) is 17.8 Å². The summed E-state index contributed by atoms with van der Waals surface area (Å²) >= 11 is 0. The van der Waals surface area contributed by atoms with Crippen LogP contribution in [0.2, 0.25) is 0 Å². The minimum absolute atomic E-state index is 0.101. The zero-order chi connectivity index (χ0) is 14.6. The maximum Gasteiger partial charge on any atom is 0.320 e. The molecule has 2 rings (SSSR count). The monoisotopic (exact) mass is 279 g/mol. The average molecular weight is 279 g/mol. The van der Waals surface area contributed by atoms with Gasteiger partial charge in [-0.1, -0.05) is 0 Å². The van der Waals surface area contributed by atoms with Crippen LogP contribution in [0.3, 0.4) is 0 Å². The molecular formula is C10H5F4NO4. The van der Waals surface area contributed by atoms with Gasteiger partial charge in [0.25, 0.3) is 5.92 Å². The van der Waals surface area contributed by atoms with Gasteiger partial charge in [-0.25, -0.2) is 13.2 Å². The van der Waals surface area contributed by atoms with Crippen molar-refractivity contribution in [1.29, 1.82) is 0 Å². The van der Waals surface area contributed by atoms with Gasteiger partial charge in [-0.2, -0.15) is 4.39 Å². The molecule has 1 atom stereocenters. The summed E-state index contributed by atoms with van der Waals surface area (Å²) in [6.07, 6.45) is -1.18. The predicted octanol–water partition coefficient (Wildman–Crippen LogP) is 2.23. The molecule has 1 aliphatic carbocycles. The van der Waals surface area contributed by atoms with Crippen molar-refractivity contribution in [3.05, 3.63) is 39.4 Å². The molecule has 0 aromatic heterocycles. The molecule has 19 heavy (non-hydrogen) atoms. The van der Waals surface area contributed by atoms with Crippen LogP contribution in [-0.2, 0) is 10.2 Å². The summed E-state index contributed by atoms with van der Waals surface area (Å²) in [5.41, 5.74) is -5.19. The molecular weight excluding hydrogens is 274 g/mol. The van der Waals surface area contributed by atoms with Crippen LogP contribution in [0, 0.1) is 21.7 Å². The van der Waals surface area contributed by atoms with Crippen LogP contribution in [0.15, 0.2) is 12.1 Å². The highest BCUT2D eigenvalue weighted by Gasteiger charge is 2.78. The van der Waals surface area contributed by atoms with E-state index >= 15 is 0 Å². The van der Waals surface area contributed by atoms with Crippen LogP contribution in [0.4, 0.5) is 23.2 Å². The Morgan fingerprint density at radius 3 is 2.21 bits per heavy atom. The third-order valence-electron chi connectivity index (χ3n) is 3.04. The lowest BCUT2D eigenvalue weighted by atomic mass is 9.94. The van der Waals surface area contributed by atoms with E-state index in [1.807, 2.05) is 0 Å². The summed E-state index contributed by atoms with van der Waals surface area (Å²) in [6, 6.07) is 0.242. The lowest BCUT2D eigenvalue weighted by Crippen LogP contribution is -2.28. The molecule has 1 fully saturated rings. The average Bonchev–Trinajstić information content (AvgIpc) is 2.85. The second-order valence-electron chi connectivity index (χ2n) is 4.13. The highest BCUT2D eigenvalue weighted by Crippen LogP contribution is 2.62. The number of nitro groups is 1. The van der Waals surface area contributed by atoms with Crippen LogP contribution in [-0.4, -0.2) is 21.9 Å². The molecule has 1 N–H and O–H groups in total. The van der Waals surface area contributed by atoms with E-state index in [0.29, 0.717) is 0 Å². The number of alkyl halides is 2. The number of aliphatic carboxylic acids is 1. The minimum Gasteiger partial charge on any atom is -0.480 e. The zero-order valence-corrected chi connectivity index (χ0v) is 8.99. The van der Waals surface area contributed by atoms with E-state index in [-0.39, 0.29) is 12.1 Å². The lowest BCUT2D eigenvalue weighted by Gasteiger charge is -2.12. The number of nitro benzene ring substituents is 1. The smallest absolute Gasteiger partial charge is 0.320 e. The first-order chi connectivity index (χ1) is 8.63. The summed E-state index contributed by atoms with van der Waals surface area (Å²) in [5, 5.41) is 19.1. The predicted molar refractivity (Wildman–Crippen MR) is 51.9 cm³/mol. The minimum atomic E-state index is -3.72. The van der Waals surface area contributed by atoms with E-state index in [1.54, 1.807) is 0 Å². The molecule has 0 amide bonds. The van der Waals surface area contributed by atoms with Crippen LogP contribution in [0.25, 0.3) is 0 Å². The van der Waals surface area contributed by atoms with E-state index < -0.39 is 51.5 Å². The van der Waals surface area contributed by atoms with Crippen molar-refractivity contribution in [2.75, 3.05) is 0 Å². The molecule has 0 heterocycles. The number of hydrogen-bond acceptors (Lipinski definition) is 3. The number of carboxylic acids is 1. The first kappa shape index (κ1) is 13.2. The Balaban J connectivity index is 2.62. The Morgan fingerprint density at radius 1 is 1.32 bits per heavy atom. The number of rotatable bonds is 3. The van der Waals surface area contributed by atoms with E-state index in [1.165, 1.54) is 0 Å². The standard InChI is InChI=1S/C10H5F4NO4/c11-5-2-7(15(18)19)6(12)1-4(5)9(8(16)17)3-10(9,13)14/h1-2H,3H2,(H,16,17). The van der Waals surface area contributed by atoms with E-state index in [4.69, 9.17) is 5.11 Å². The number of nitrogens with zero attached hydrogens (tertiary/aromatic N) is 1. The largest absolute Gasteiger partial charge is 0.480 e. The molecule has 0 bridgehead atoms. The second kappa shape index (κ2) is 3.65. The second-order valence-corrected chi connectivity index (χ2v) is 4.13. The summed E-state index contributed by atoms with van der Waals surface area (Å²) in [6.45, 7) is 0. The fraction of sp³-hybridized carbons (Fsp3) is 0.300. The van der Waals surface area contributed by atoms with Crippen molar-refractivity contribution < 1.29 is 32.4 Å². The summed E-state index contributed by atoms with van der Waals surface area (Å²) in [5.74, 6) is -8.84. The van der Waals surface area contributed by atoms with Gasteiger partial charge in [-0.05, 0) is 6.07 Å². The van der Waals surface area contributed by atoms with Crippen molar-refractivity contribution >= 4 is 11.7 Å². The van der Waals surface area contributed by atoms with Gasteiger partial charge < -0.3 is 5.11 Å². The molecule has 1 aromatic carbocycles. The molecule has 9 heteroatoms. The van der Waals surface area contributed by atoms with Gasteiger partial charge in [0.15, 0.2) is 5.41 Å². The number of hydrogen-bond donors (Lipinski definition) is 1. The van der Waals surface area contributed by atoms with Crippen molar-refractivity contribution in [1.82, 2.24) is 0 Å². The first-order valence-electron chi connectivity index (χ1n) is 4.88. The van der Waals surface area contributed by atoms with Gasteiger partial charge in [0.1, 0.15) is 5.82 Å². The van der Waals surface area contributed by atoms with Crippen LogP contribution in [0.5, 0.6) is 0 Å². The summed E-state index contributed by atoms with van der Waals surface area (Å²) in [7, 11) is 0. The quantitative estimate of drug-likeness (QED) is 0.522. The molecule has 0 radical (unpaired) electrons. The van der Waals surface area contributed by atoms with Crippen LogP contribution >= 0.6 is 0 Å². The summed E-state index contributed by atoms with van der Waals surface area (Å²) < 4.78 is 53.2. The fourth-order valence-electron chi connectivity index (χ4n) is 1.93. The number of benzene rings is 1. The Labute approximate surface area is 102 Å². The SMILES string of the molecule is O=C(O)C1(c2cc(F)c([N+](=O)[O-])cc2F)CC1(F)F. The molecule has 102 valence electrons. The third kappa shape index (κ3) is 1.65. The van der Waals surface area contributed by atoms with Crippen molar-refractivity contribution in [3.63, 3.8) is 0 Å². The molecule has 0 spiro atoms. The van der Waals surface area contributed by atoms with Gasteiger partial charge >= 0.3 is 11.7 Å². The maximum absolute atomic E-state index is 13.6. The van der Waals surface area contributed by atoms with Crippen LogP contribution in [0.1, 0.15) is 12.0 Å². The zero-order valence-electron chi connectivity index (χ0n) is 8.99. The number of carbonyl (C=O) groups is 1. The summed E-state index contributed by atoms with van der Waals surface area (Å²) in [4.78, 5) is 20.0. The Hall–Kier alpha value is -2.19. The van der Waals surface area contributed by atoms with E-state index in [0.717, 1.165) is 0 Å². The highest BCUT2D eigenvalue weighted by atomic mass is 19.3. The normalized spacial score (nSPS) is 24.0. The van der Waals surface area contributed by atoms with Gasteiger partial charge in [0.2, 0.25) is 5.82 Å². The Bertz CT molecular complexity index is 603. The third-order valence-corrected chi connectivity index (χ3v) is 3.04. The van der Waals surface area contributed by atoms with Gasteiger partial charge in [0, 0.05) is 12.0 Å². The Morgan fingerprint density at radius 2 is 1.84 bits per heavy atom. The Kier molecular flexibility index (Phi) is 2.55. The number of carboxylic acid groups (broad SMARTS) is 1. The van der Waals surface area contributed by atoms with E-state index in [2.05, 4.69) is 0 Å². The van der Waals surface area contributed by atoms with Crippen LogP contribution < -0.4 is 0 Å². The highest BCUT2D eigenvalue weighted by molar-refractivity contribution is 5.88. The van der Waals surface area contributed by atoms with Crippen molar-refractivity contribution in [2.24, 2.45) is 0 Å². The van der Waals surface area contributed by atoms with Gasteiger partial charge in [-0.3, -0.25) is 14.9 Å². The van der Waals surface area contributed by atoms with Gasteiger partial charge in [-0.15, -0.1) is 0 Å². The van der Waals surface area contributed by atoms with E-state index in [9.17, 15) is 32.5 Å².